The number of aliphatic hydroxyl groups is 1. The van der Waals surface area contributed by atoms with E-state index in [2.05, 4.69) is 21.2 Å². The summed E-state index contributed by atoms with van der Waals surface area (Å²) in [5.74, 6) is 0.122. The van der Waals surface area contributed by atoms with Crippen LogP contribution in [0.1, 0.15) is 30.1 Å². The number of rotatable bonds is 6. The van der Waals surface area contributed by atoms with Crippen LogP contribution in [-0.4, -0.2) is 24.2 Å². The molecule has 0 radical (unpaired) electrons. The summed E-state index contributed by atoms with van der Waals surface area (Å²) in [7, 11) is 0. The van der Waals surface area contributed by atoms with Crippen LogP contribution < -0.4 is 5.32 Å². The van der Waals surface area contributed by atoms with Crippen molar-refractivity contribution in [3.8, 4) is 0 Å². The topological polar surface area (TPSA) is 49.3 Å². The zero-order valence-corrected chi connectivity index (χ0v) is 12.6. The molecule has 0 aliphatic heterocycles. The Balaban J connectivity index is 2.59. The van der Waals surface area contributed by atoms with E-state index in [1.807, 2.05) is 6.92 Å². The van der Waals surface area contributed by atoms with E-state index in [1.165, 1.54) is 0 Å². The Labute approximate surface area is 121 Å². The molecule has 0 aliphatic carbocycles. The predicted octanol–water partition coefficient (Wildman–Crippen LogP) is 3.24. The fourth-order valence-corrected chi connectivity index (χ4v) is 2.40. The molecular formula is C13H17BrClNO2. The summed E-state index contributed by atoms with van der Waals surface area (Å²) in [6, 6.07) is 5.17. The third-order valence-corrected chi connectivity index (χ3v) is 3.65. The maximum absolute atomic E-state index is 11.9. The second-order valence-corrected chi connectivity index (χ2v) is 5.44. The smallest absolute Gasteiger partial charge is 0.252 e. The highest BCUT2D eigenvalue weighted by molar-refractivity contribution is 9.10. The zero-order chi connectivity index (χ0) is 13.5. The van der Waals surface area contributed by atoms with Crippen molar-refractivity contribution in [1.29, 1.82) is 0 Å². The van der Waals surface area contributed by atoms with Crippen LogP contribution in [0.15, 0.2) is 22.7 Å². The van der Waals surface area contributed by atoms with E-state index in [0.717, 1.165) is 10.9 Å². The largest absolute Gasteiger partial charge is 0.396 e. The number of halogens is 2. The van der Waals surface area contributed by atoms with Crippen molar-refractivity contribution < 1.29 is 9.90 Å². The summed E-state index contributed by atoms with van der Waals surface area (Å²) in [4.78, 5) is 11.9. The molecule has 0 fully saturated rings. The van der Waals surface area contributed by atoms with Crippen LogP contribution >= 0.6 is 27.5 Å². The molecule has 1 atom stereocenters. The van der Waals surface area contributed by atoms with E-state index >= 15 is 0 Å². The minimum Gasteiger partial charge on any atom is -0.396 e. The number of hydrogen-bond donors (Lipinski definition) is 2. The van der Waals surface area contributed by atoms with Crippen molar-refractivity contribution in [3.63, 3.8) is 0 Å². The van der Waals surface area contributed by atoms with Gasteiger partial charge in [-0.1, -0.05) is 40.9 Å². The summed E-state index contributed by atoms with van der Waals surface area (Å²) in [6.07, 6.45) is 1.62. The number of nitrogens with one attached hydrogen (secondary N) is 1. The van der Waals surface area contributed by atoms with E-state index in [9.17, 15) is 4.79 Å². The number of benzene rings is 1. The highest BCUT2D eigenvalue weighted by Gasteiger charge is 2.12. The molecule has 1 rings (SSSR count). The van der Waals surface area contributed by atoms with Crippen LogP contribution in [0.3, 0.4) is 0 Å². The number of hydrogen-bond acceptors (Lipinski definition) is 2. The first-order valence-corrected chi connectivity index (χ1v) is 7.09. The quantitative estimate of drug-likeness (QED) is 0.839. The average Bonchev–Trinajstić information content (AvgIpc) is 2.34. The van der Waals surface area contributed by atoms with Crippen LogP contribution in [-0.2, 0) is 0 Å². The van der Waals surface area contributed by atoms with Crippen molar-refractivity contribution >= 4 is 33.4 Å². The zero-order valence-electron chi connectivity index (χ0n) is 10.2. The van der Waals surface area contributed by atoms with Crippen LogP contribution in [0.4, 0.5) is 0 Å². The molecule has 5 heteroatoms. The van der Waals surface area contributed by atoms with Gasteiger partial charge < -0.3 is 10.4 Å². The minimum atomic E-state index is -0.177. The number of amides is 1. The van der Waals surface area contributed by atoms with E-state index in [4.69, 9.17) is 16.7 Å². The second kappa shape index (κ2) is 7.77. The van der Waals surface area contributed by atoms with Crippen LogP contribution in [0.25, 0.3) is 0 Å². The molecule has 0 heterocycles. The van der Waals surface area contributed by atoms with Crippen molar-refractivity contribution in [2.75, 3.05) is 13.2 Å². The molecular weight excluding hydrogens is 318 g/mol. The molecule has 3 nitrogen and oxygen atoms in total. The molecule has 0 saturated heterocycles. The van der Waals surface area contributed by atoms with Crippen LogP contribution in [0.2, 0.25) is 5.02 Å². The SMILES string of the molecule is CCC(CCO)CNC(=O)c1ccc(Br)cc1Cl. The second-order valence-electron chi connectivity index (χ2n) is 4.12. The monoisotopic (exact) mass is 333 g/mol. The molecule has 1 unspecified atom stereocenters. The van der Waals surface area contributed by atoms with Gasteiger partial charge in [-0.05, 0) is 30.5 Å². The maximum atomic E-state index is 11.9. The summed E-state index contributed by atoms with van der Waals surface area (Å²) < 4.78 is 0.843. The van der Waals surface area contributed by atoms with Gasteiger partial charge in [0.1, 0.15) is 0 Å². The highest BCUT2D eigenvalue weighted by atomic mass is 79.9. The van der Waals surface area contributed by atoms with E-state index in [1.54, 1.807) is 18.2 Å². The molecule has 18 heavy (non-hydrogen) atoms. The van der Waals surface area contributed by atoms with Crippen molar-refractivity contribution in [1.82, 2.24) is 5.32 Å². The Morgan fingerprint density at radius 2 is 2.28 bits per heavy atom. The number of carbonyl (C=O) groups is 1. The first kappa shape index (κ1) is 15.5. The lowest BCUT2D eigenvalue weighted by Gasteiger charge is -2.14. The number of aliphatic hydroxyl groups excluding tert-OH is 1. The van der Waals surface area contributed by atoms with Crippen LogP contribution in [0, 0.1) is 5.92 Å². The van der Waals surface area contributed by atoms with Crippen molar-refractivity contribution in [2.24, 2.45) is 5.92 Å². The molecule has 0 aromatic heterocycles. The van der Waals surface area contributed by atoms with Gasteiger partial charge in [0, 0.05) is 17.6 Å². The number of carbonyl (C=O) groups excluding carboxylic acids is 1. The lowest BCUT2D eigenvalue weighted by Crippen LogP contribution is -2.29. The van der Waals surface area contributed by atoms with E-state index in [-0.39, 0.29) is 12.5 Å². The summed E-state index contributed by atoms with van der Waals surface area (Å²) in [6.45, 7) is 2.74. The molecule has 2 N–H and O–H groups in total. The molecule has 100 valence electrons. The Morgan fingerprint density at radius 1 is 1.56 bits per heavy atom. The Bertz CT molecular complexity index is 412. The van der Waals surface area contributed by atoms with Gasteiger partial charge in [0.2, 0.25) is 0 Å². The standard InChI is InChI=1S/C13H17BrClNO2/c1-2-9(5-6-17)8-16-13(18)11-4-3-10(14)7-12(11)15/h3-4,7,9,17H,2,5-6,8H2,1H3,(H,16,18). The fraction of sp³-hybridized carbons (Fsp3) is 0.462. The molecule has 1 amide bonds. The van der Waals surface area contributed by atoms with E-state index < -0.39 is 0 Å². The van der Waals surface area contributed by atoms with Gasteiger partial charge in [-0.25, -0.2) is 0 Å². The minimum absolute atomic E-state index is 0.146. The average molecular weight is 335 g/mol. The predicted molar refractivity (Wildman–Crippen MR) is 77.0 cm³/mol. The van der Waals surface area contributed by atoms with Gasteiger partial charge >= 0.3 is 0 Å². The summed E-state index contributed by atoms with van der Waals surface area (Å²) >= 11 is 9.30. The lowest BCUT2D eigenvalue weighted by atomic mass is 10.0. The lowest BCUT2D eigenvalue weighted by molar-refractivity contribution is 0.0943. The molecule has 1 aromatic rings. The van der Waals surface area contributed by atoms with Gasteiger partial charge in [-0.3, -0.25) is 4.79 Å². The van der Waals surface area contributed by atoms with Gasteiger partial charge in [0.05, 0.1) is 10.6 Å². The van der Waals surface area contributed by atoms with Gasteiger partial charge in [-0.2, -0.15) is 0 Å². The Hall–Kier alpha value is -0.580. The first-order chi connectivity index (χ1) is 8.58. The molecule has 0 bridgehead atoms. The maximum Gasteiger partial charge on any atom is 0.252 e. The summed E-state index contributed by atoms with van der Waals surface area (Å²) in [5, 5.41) is 12.2. The third kappa shape index (κ3) is 4.59. The first-order valence-electron chi connectivity index (χ1n) is 5.92. The fourth-order valence-electron chi connectivity index (χ4n) is 1.64. The van der Waals surface area contributed by atoms with Gasteiger partial charge in [0.25, 0.3) is 5.91 Å². The normalized spacial score (nSPS) is 12.2. The van der Waals surface area contributed by atoms with Crippen molar-refractivity contribution in [3.05, 3.63) is 33.3 Å². The summed E-state index contributed by atoms with van der Waals surface area (Å²) in [5.41, 5.74) is 0.471. The molecule has 0 spiro atoms. The van der Waals surface area contributed by atoms with Crippen molar-refractivity contribution in [2.45, 2.75) is 19.8 Å². The molecule has 1 aromatic carbocycles. The Morgan fingerprint density at radius 3 is 2.83 bits per heavy atom. The third-order valence-electron chi connectivity index (χ3n) is 2.84. The Kier molecular flexibility index (Phi) is 6.68. The molecule has 0 saturated carbocycles. The van der Waals surface area contributed by atoms with Gasteiger partial charge in [0.15, 0.2) is 0 Å². The van der Waals surface area contributed by atoms with Gasteiger partial charge in [-0.15, -0.1) is 0 Å². The highest BCUT2D eigenvalue weighted by Crippen LogP contribution is 2.21. The van der Waals surface area contributed by atoms with E-state index in [0.29, 0.717) is 29.5 Å². The van der Waals surface area contributed by atoms with Crippen LogP contribution in [0.5, 0.6) is 0 Å². The molecule has 0 aliphatic rings.